The number of hydrogen-bond donors (Lipinski definition) is 1. The van der Waals surface area contributed by atoms with E-state index in [2.05, 4.69) is 5.32 Å². The maximum Gasteiger partial charge on any atom is 0.264 e. The second-order valence-electron chi connectivity index (χ2n) is 7.20. The maximum atomic E-state index is 12.9. The van der Waals surface area contributed by atoms with E-state index >= 15 is 0 Å². The number of rotatable bonds is 5. The molecule has 0 aromatic heterocycles. The van der Waals surface area contributed by atoms with Crippen LogP contribution in [0.15, 0.2) is 65.6 Å². The van der Waals surface area contributed by atoms with Crippen LogP contribution in [0.3, 0.4) is 0 Å². The van der Waals surface area contributed by atoms with Gasteiger partial charge < -0.3 is 5.32 Å². The molecule has 0 bridgehead atoms. The fourth-order valence-electron chi connectivity index (χ4n) is 2.91. The molecule has 0 aliphatic rings. The highest BCUT2D eigenvalue weighted by Crippen LogP contribution is 2.28. The quantitative estimate of drug-likeness (QED) is 0.579. The zero-order valence-corrected chi connectivity index (χ0v) is 18.8. The minimum atomic E-state index is -3.74. The first-order valence-electron chi connectivity index (χ1n) is 9.33. The van der Waals surface area contributed by atoms with Crippen LogP contribution in [0.4, 0.5) is 11.4 Å². The summed E-state index contributed by atoms with van der Waals surface area (Å²) in [6, 6.07) is 16.8. The van der Waals surface area contributed by atoms with Crippen LogP contribution >= 0.6 is 11.6 Å². The van der Waals surface area contributed by atoms with Gasteiger partial charge in [0.1, 0.15) is 0 Å². The van der Waals surface area contributed by atoms with Crippen molar-refractivity contribution in [2.75, 3.05) is 16.7 Å². The predicted molar refractivity (Wildman–Crippen MR) is 122 cm³/mol. The molecule has 0 heterocycles. The van der Waals surface area contributed by atoms with Crippen molar-refractivity contribution in [1.82, 2.24) is 0 Å². The minimum absolute atomic E-state index is 0.166. The van der Waals surface area contributed by atoms with Gasteiger partial charge in [-0.15, -0.1) is 0 Å². The van der Waals surface area contributed by atoms with E-state index in [9.17, 15) is 13.2 Å². The summed E-state index contributed by atoms with van der Waals surface area (Å²) in [4.78, 5) is 12.8. The van der Waals surface area contributed by atoms with Gasteiger partial charge in [-0.2, -0.15) is 0 Å². The van der Waals surface area contributed by atoms with Crippen LogP contribution < -0.4 is 9.62 Å². The Kier molecular flexibility index (Phi) is 6.19. The number of halogens is 1. The smallest absolute Gasteiger partial charge is 0.264 e. The van der Waals surface area contributed by atoms with Crippen LogP contribution in [0, 0.1) is 20.8 Å². The SMILES string of the molecule is Cc1ccc(S(=O)(=O)N(C)c2ccc(C(=O)Nc3ccc(C)c(C)c3)c(Cl)c2)cc1. The largest absolute Gasteiger partial charge is 0.322 e. The Morgan fingerprint density at radius 1 is 0.900 bits per heavy atom. The van der Waals surface area contributed by atoms with Gasteiger partial charge in [-0.1, -0.05) is 35.4 Å². The van der Waals surface area contributed by atoms with E-state index in [0.717, 1.165) is 21.0 Å². The van der Waals surface area contributed by atoms with Gasteiger partial charge in [0.25, 0.3) is 15.9 Å². The van der Waals surface area contributed by atoms with Crippen LogP contribution in [-0.2, 0) is 10.0 Å². The molecule has 3 aromatic rings. The van der Waals surface area contributed by atoms with Crippen LogP contribution in [0.25, 0.3) is 0 Å². The molecule has 1 N–H and O–H groups in total. The van der Waals surface area contributed by atoms with Crippen molar-refractivity contribution in [3.63, 3.8) is 0 Å². The lowest BCUT2D eigenvalue weighted by atomic mass is 10.1. The van der Waals surface area contributed by atoms with E-state index in [1.165, 1.54) is 19.2 Å². The number of amides is 1. The summed E-state index contributed by atoms with van der Waals surface area (Å²) >= 11 is 6.33. The van der Waals surface area contributed by atoms with E-state index in [1.54, 1.807) is 30.3 Å². The minimum Gasteiger partial charge on any atom is -0.322 e. The van der Waals surface area contributed by atoms with Gasteiger partial charge in [-0.25, -0.2) is 8.42 Å². The Morgan fingerprint density at radius 3 is 2.17 bits per heavy atom. The highest BCUT2D eigenvalue weighted by atomic mass is 35.5. The van der Waals surface area contributed by atoms with E-state index in [0.29, 0.717) is 11.4 Å². The second-order valence-corrected chi connectivity index (χ2v) is 9.58. The Morgan fingerprint density at radius 2 is 1.57 bits per heavy atom. The molecule has 3 aromatic carbocycles. The topological polar surface area (TPSA) is 66.5 Å². The first kappa shape index (κ1) is 21.9. The highest BCUT2D eigenvalue weighted by molar-refractivity contribution is 7.92. The number of benzene rings is 3. The lowest BCUT2D eigenvalue weighted by Gasteiger charge is -2.20. The molecule has 0 aliphatic heterocycles. The monoisotopic (exact) mass is 442 g/mol. The van der Waals surface area contributed by atoms with E-state index in [4.69, 9.17) is 11.6 Å². The van der Waals surface area contributed by atoms with Crippen molar-refractivity contribution in [2.45, 2.75) is 25.7 Å². The number of aryl methyl sites for hydroxylation is 3. The maximum absolute atomic E-state index is 12.9. The van der Waals surface area contributed by atoms with Crippen LogP contribution in [-0.4, -0.2) is 21.4 Å². The number of hydrogen-bond acceptors (Lipinski definition) is 3. The fraction of sp³-hybridized carbons (Fsp3) is 0.174. The average Bonchev–Trinajstić information content (AvgIpc) is 2.70. The van der Waals surface area contributed by atoms with Crippen LogP contribution in [0.1, 0.15) is 27.0 Å². The van der Waals surface area contributed by atoms with Crippen LogP contribution in [0.2, 0.25) is 5.02 Å². The van der Waals surface area contributed by atoms with Gasteiger partial charge >= 0.3 is 0 Å². The molecule has 0 saturated carbocycles. The molecule has 5 nitrogen and oxygen atoms in total. The van der Waals surface area contributed by atoms with E-state index in [-0.39, 0.29) is 21.4 Å². The number of sulfonamides is 1. The molecule has 7 heteroatoms. The number of carbonyl (C=O) groups excluding carboxylic acids is 1. The summed E-state index contributed by atoms with van der Waals surface area (Å²) in [5.41, 5.74) is 4.47. The third-order valence-electron chi connectivity index (χ3n) is 5.01. The first-order chi connectivity index (χ1) is 14.1. The zero-order chi connectivity index (χ0) is 22.1. The van der Waals surface area contributed by atoms with E-state index < -0.39 is 10.0 Å². The lowest BCUT2D eigenvalue weighted by molar-refractivity contribution is 0.102. The molecule has 0 radical (unpaired) electrons. The van der Waals surface area contributed by atoms with Gasteiger partial charge in [0, 0.05) is 12.7 Å². The summed E-state index contributed by atoms with van der Waals surface area (Å²) in [5.74, 6) is -0.362. The Labute approximate surface area is 182 Å². The number of anilines is 2. The molecule has 0 unspecified atom stereocenters. The second kappa shape index (κ2) is 8.50. The molecule has 0 aliphatic carbocycles. The molecule has 0 atom stereocenters. The third kappa shape index (κ3) is 4.50. The van der Waals surface area contributed by atoms with Crippen LogP contribution in [0.5, 0.6) is 0 Å². The van der Waals surface area contributed by atoms with Crippen molar-refractivity contribution in [1.29, 1.82) is 0 Å². The number of nitrogens with one attached hydrogen (secondary N) is 1. The van der Waals surface area contributed by atoms with Gasteiger partial charge in [0.2, 0.25) is 0 Å². The van der Waals surface area contributed by atoms with Gasteiger partial charge in [0.15, 0.2) is 0 Å². The van der Waals surface area contributed by atoms with Gasteiger partial charge in [-0.3, -0.25) is 9.10 Å². The Bertz CT molecular complexity index is 1210. The molecule has 0 spiro atoms. The number of nitrogens with zero attached hydrogens (tertiary/aromatic N) is 1. The van der Waals surface area contributed by atoms with Crippen molar-refractivity contribution in [3.8, 4) is 0 Å². The Hall–Kier alpha value is -2.83. The molecule has 30 heavy (non-hydrogen) atoms. The zero-order valence-electron chi connectivity index (χ0n) is 17.2. The predicted octanol–water partition coefficient (Wildman–Crippen LogP) is 5.34. The van der Waals surface area contributed by atoms with Gasteiger partial charge in [-0.05, 0) is 74.4 Å². The molecule has 1 amide bonds. The summed E-state index contributed by atoms with van der Waals surface area (Å²) in [6.45, 7) is 5.86. The number of carbonyl (C=O) groups is 1. The van der Waals surface area contributed by atoms with Crippen molar-refractivity contribution in [3.05, 3.63) is 87.9 Å². The van der Waals surface area contributed by atoms with E-state index in [1.807, 2.05) is 39.0 Å². The van der Waals surface area contributed by atoms with Crippen molar-refractivity contribution >= 4 is 38.9 Å². The fourth-order valence-corrected chi connectivity index (χ4v) is 4.36. The summed E-state index contributed by atoms with van der Waals surface area (Å²) in [6.07, 6.45) is 0. The third-order valence-corrected chi connectivity index (χ3v) is 7.12. The van der Waals surface area contributed by atoms with Crippen molar-refractivity contribution < 1.29 is 13.2 Å². The molecular weight excluding hydrogens is 420 g/mol. The molecule has 3 rings (SSSR count). The lowest BCUT2D eigenvalue weighted by Crippen LogP contribution is -2.26. The standard InChI is InChI=1S/C23H23ClN2O3S/c1-15-5-10-20(11-6-15)30(28,29)26(4)19-9-12-21(22(24)14-19)23(27)25-18-8-7-16(2)17(3)13-18/h5-14H,1-4H3,(H,25,27). The molecule has 156 valence electrons. The highest BCUT2D eigenvalue weighted by Gasteiger charge is 2.22. The molecular formula is C23H23ClN2O3S. The summed E-state index contributed by atoms with van der Waals surface area (Å²) in [5, 5.41) is 2.99. The summed E-state index contributed by atoms with van der Waals surface area (Å²) < 4.78 is 26.9. The Balaban J connectivity index is 1.84. The average molecular weight is 443 g/mol. The van der Waals surface area contributed by atoms with Gasteiger partial charge in [0.05, 0.1) is 21.2 Å². The van der Waals surface area contributed by atoms with Crippen molar-refractivity contribution in [2.24, 2.45) is 0 Å². The molecule has 0 fully saturated rings. The summed E-state index contributed by atoms with van der Waals surface area (Å²) in [7, 11) is -2.29. The molecule has 0 saturated heterocycles. The first-order valence-corrected chi connectivity index (χ1v) is 11.1. The normalized spacial score (nSPS) is 11.2.